The zero-order chi connectivity index (χ0) is 16.3. The summed E-state index contributed by atoms with van der Waals surface area (Å²) in [7, 11) is -3.26. The maximum atomic E-state index is 12.1. The van der Waals surface area contributed by atoms with Gasteiger partial charge in [-0.15, -0.1) is 0 Å². The molecular weight excluding hydrogens is 312 g/mol. The topological polar surface area (TPSA) is 76.1 Å². The Bertz CT molecular complexity index is 627. The van der Waals surface area contributed by atoms with Crippen LogP contribution in [-0.2, 0) is 16.3 Å². The van der Waals surface area contributed by atoms with Gasteiger partial charge in [0, 0.05) is 24.1 Å². The molecule has 1 amide bonds. The van der Waals surface area contributed by atoms with Gasteiger partial charge in [0.15, 0.2) is 9.84 Å². The summed E-state index contributed by atoms with van der Waals surface area (Å²) >= 11 is 5.91. The third-order valence-electron chi connectivity index (χ3n) is 3.29. The average Bonchev–Trinajstić information content (AvgIpc) is 2.34. The summed E-state index contributed by atoms with van der Waals surface area (Å²) in [4.78, 5) is 16.3. The number of hydrogen-bond donors (Lipinski definition) is 1. The van der Waals surface area contributed by atoms with Crippen LogP contribution >= 0.6 is 11.6 Å². The zero-order valence-electron chi connectivity index (χ0n) is 12.7. The molecule has 0 saturated carbocycles. The first-order valence-corrected chi connectivity index (χ1v) is 8.98. The van der Waals surface area contributed by atoms with Gasteiger partial charge in [0.1, 0.15) is 5.15 Å². The van der Waals surface area contributed by atoms with E-state index in [4.69, 9.17) is 11.6 Å². The van der Waals surface area contributed by atoms with Crippen molar-refractivity contribution in [2.24, 2.45) is 0 Å². The highest BCUT2D eigenvalue weighted by Crippen LogP contribution is 2.15. The van der Waals surface area contributed by atoms with Crippen molar-refractivity contribution in [2.75, 3.05) is 12.8 Å². The standard InChI is InChI=1S/C14H21ClN2O3S/c1-5-6-11-7-10(8-12(15)17-11)13(18)16-9-14(2,3)21(4,19)20/h7-8H,5-6,9H2,1-4H3,(H,16,18). The Hall–Kier alpha value is -1.14. The van der Waals surface area contributed by atoms with Crippen LogP contribution < -0.4 is 5.32 Å². The molecular formula is C14H21ClN2O3S. The normalized spacial score (nSPS) is 12.2. The molecule has 1 N–H and O–H groups in total. The van der Waals surface area contributed by atoms with E-state index >= 15 is 0 Å². The second-order valence-corrected chi connectivity index (χ2v) is 8.67. The van der Waals surface area contributed by atoms with Crippen molar-refractivity contribution in [1.29, 1.82) is 0 Å². The lowest BCUT2D eigenvalue weighted by atomic mass is 10.1. The molecule has 0 saturated heterocycles. The zero-order valence-corrected chi connectivity index (χ0v) is 14.3. The molecule has 0 aliphatic rings. The van der Waals surface area contributed by atoms with Crippen molar-refractivity contribution in [3.8, 4) is 0 Å². The molecule has 1 aromatic rings. The Morgan fingerprint density at radius 1 is 1.38 bits per heavy atom. The quantitative estimate of drug-likeness (QED) is 0.810. The molecule has 1 rings (SSSR count). The second-order valence-electron chi connectivity index (χ2n) is 5.63. The summed E-state index contributed by atoms with van der Waals surface area (Å²) in [5.74, 6) is -0.353. The van der Waals surface area contributed by atoms with Crippen molar-refractivity contribution in [3.63, 3.8) is 0 Å². The summed E-state index contributed by atoms with van der Waals surface area (Å²) in [6.45, 7) is 5.19. The van der Waals surface area contributed by atoms with Crippen molar-refractivity contribution in [1.82, 2.24) is 10.3 Å². The number of rotatable bonds is 6. The van der Waals surface area contributed by atoms with Gasteiger partial charge in [-0.25, -0.2) is 13.4 Å². The predicted octanol–water partition coefficient (Wildman–Crippen LogP) is 2.24. The SMILES string of the molecule is CCCc1cc(C(=O)NCC(C)(C)S(C)(=O)=O)cc(Cl)n1. The molecule has 0 fully saturated rings. The summed E-state index contributed by atoms with van der Waals surface area (Å²) in [6.07, 6.45) is 2.78. The third kappa shape index (κ3) is 4.97. The number of amides is 1. The van der Waals surface area contributed by atoms with Gasteiger partial charge >= 0.3 is 0 Å². The number of pyridine rings is 1. The number of sulfone groups is 1. The summed E-state index contributed by atoms with van der Waals surface area (Å²) in [5, 5.41) is 2.90. The van der Waals surface area contributed by atoms with Crippen LogP contribution in [0.4, 0.5) is 0 Å². The fourth-order valence-electron chi connectivity index (χ4n) is 1.59. The van der Waals surface area contributed by atoms with Crippen molar-refractivity contribution < 1.29 is 13.2 Å². The number of nitrogens with zero attached hydrogens (tertiary/aromatic N) is 1. The molecule has 0 aliphatic carbocycles. The lowest BCUT2D eigenvalue weighted by molar-refractivity contribution is 0.0950. The van der Waals surface area contributed by atoms with E-state index in [2.05, 4.69) is 10.3 Å². The van der Waals surface area contributed by atoms with Gasteiger partial charge in [-0.2, -0.15) is 0 Å². The number of carbonyl (C=O) groups excluding carboxylic acids is 1. The highest BCUT2D eigenvalue weighted by atomic mass is 35.5. The van der Waals surface area contributed by atoms with Crippen LogP contribution in [-0.4, -0.2) is 36.9 Å². The van der Waals surface area contributed by atoms with E-state index in [9.17, 15) is 13.2 Å². The first-order chi connectivity index (χ1) is 9.56. The molecule has 0 bridgehead atoms. The second kappa shape index (κ2) is 6.75. The minimum absolute atomic E-state index is 0.0354. The van der Waals surface area contributed by atoms with Gasteiger partial charge in [0.05, 0.1) is 4.75 Å². The van der Waals surface area contributed by atoms with Gasteiger partial charge in [-0.05, 0) is 32.4 Å². The van der Waals surface area contributed by atoms with Gasteiger partial charge in [-0.1, -0.05) is 24.9 Å². The summed E-state index contributed by atoms with van der Waals surface area (Å²) in [6, 6.07) is 3.15. The molecule has 1 aromatic heterocycles. The van der Waals surface area contributed by atoms with Crippen LogP contribution in [0.5, 0.6) is 0 Å². The van der Waals surface area contributed by atoms with E-state index in [1.807, 2.05) is 6.92 Å². The first kappa shape index (κ1) is 17.9. The van der Waals surface area contributed by atoms with Crippen molar-refractivity contribution >= 4 is 27.3 Å². The Balaban J connectivity index is 2.86. The van der Waals surface area contributed by atoms with Crippen LogP contribution in [0.15, 0.2) is 12.1 Å². The van der Waals surface area contributed by atoms with Crippen LogP contribution in [0.25, 0.3) is 0 Å². The van der Waals surface area contributed by atoms with Crippen LogP contribution in [0.2, 0.25) is 5.15 Å². The van der Waals surface area contributed by atoms with E-state index in [-0.39, 0.29) is 17.6 Å². The smallest absolute Gasteiger partial charge is 0.251 e. The van der Waals surface area contributed by atoms with E-state index < -0.39 is 14.6 Å². The lowest BCUT2D eigenvalue weighted by Crippen LogP contribution is -2.43. The van der Waals surface area contributed by atoms with E-state index in [1.165, 1.54) is 6.07 Å². The van der Waals surface area contributed by atoms with Crippen molar-refractivity contribution in [3.05, 3.63) is 28.5 Å². The molecule has 0 spiro atoms. The highest BCUT2D eigenvalue weighted by Gasteiger charge is 2.30. The van der Waals surface area contributed by atoms with E-state index in [0.29, 0.717) is 5.56 Å². The monoisotopic (exact) mass is 332 g/mol. The molecule has 0 radical (unpaired) electrons. The first-order valence-electron chi connectivity index (χ1n) is 6.71. The minimum Gasteiger partial charge on any atom is -0.350 e. The predicted molar refractivity (Wildman–Crippen MR) is 84.5 cm³/mol. The Morgan fingerprint density at radius 2 is 2.00 bits per heavy atom. The van der Waals surface area contributed by atoms with Crippen LogP contribution in [0.3, 0.4) is 0 Å². The Morgan fingerprint density at radius 3 is 2.52 bits per heavy atom. The van der Waals surface area contributed by atoms with Crippen LogP contribution in [0.1, 0.15) is 43.2 Å². The number of aromatic nitrogens is 1. The van der Waals surface area contributed by atoms with Crippen molar-refractivity contribution in [2.45, 2.75) is 38.4 Å². The number of carbonyl (C=O) groups is 1. The minimum atomic E-state index is -3.26. The third-order valence-corrected chi connectivity index (χ3v) is 5.64. The summed E-state index contributed by atoms with van der Waals surface area (Å²) < 4.78 is 22.2. The van der Waals surface area contributed by atoms with E-state index in [1.54, 1.807) is 19.9 Å². The van der Waals surface area contributed by atoms with Gasteiger partial charge in [-0.3, -0.25) is 4.79 Å². The van der Waals surface area contributed by atoms with Gasteiger partial charge in [0.2, 0.25) is 0 Å². The summed E-state index contributed by atoms with van der Waals surface area (Å²) in [5.41, 5.74) is 1.14. The molecule has 0 aromatic carbocycles. The molecule has 21 heavy (non-hydrogen) atoms. The number of nitrogens with one attached hydrogen (secondary N) is 1. The highest BCUT2D eigenvalue weighted by molar-refractivity contribution is 7.92. The number of aryl methyl sites for hydroxylation is 1. The molecule has 0 atom stereocenters. The molecule has 118 valence electrons. The Labute approximate surface area is 131 Å². The van der Waals surface area contributed by atoms with Gasteiger partial charge in [0.25, 0.3) is 5.91 Å². The number of halogens is 1. The average molecular weight is 333 g/mol. The molecule has 0 aliphatic heterocycles. The maximum Gasteiger partial charge on any atom is 0.251 e. The fourth-order valence-corrected chi connectivity index (χ4v) is 2.15. The molecule has 1 heterocycles. The molecule has 0 unspecified atom stereocenters. The van der Waals surface area contributed by atoms with Gasteiger partial charge < -0.3 is 5.32 Å². The number of hydrogen-bond acceptors (Lipinski definition) is 4. The maximum absolute atomic E-state index is 12.1. The Kier molecular flexibility index (Phi) is 5.75. The molecule has 7 heteroatoms. The largest absolute Gasteiger partial charge is 0.350 e. The lowest BCUT2D eigenvalue weighted by Gasteiger charge is -2.22. The van der Waals surface area contributed by atoms with Crippen LogP contribution in [0, 0.1) is 0 Å². The van der Waals surface area contributed by atoms with E-state index in [0.717, 1.165) is 24.8 Å². The fraction of sp³-hybridized carbons (Fsp3) is 0.571. The molecule has 5 nitrogen and oxygen atoms in total.